The van der Waals surface area contributed by atoms with Crippen LogP contribution in [0.4, 0.5) is 5.95 Å². The highest BCUT2D eigenvalue weighted by atomic mass is 15.4. The van der Waals surface area contributed by atoms with Crippen LogP contribution in [-0.2, 0) is 0 Å². The standard InChI is InChI=1S/C7H13N5/c1-6-4-12(3-2-8-6)7-9-5-10-11-7/h5-6,8H,2-4H2,1H3,(H,9,10,11)/t6-/m0/s1. The van der Waals surface area contributed by atoms with Gasteiger partial charge >= 0.3 is 0 Å². The molecular formula is C7H13N5. The van der Waals surface area contributed by atoms with Gasteiger partial charge in [-0.25, -0.2) is 5.10 Å². The van der Waals surface area contributed by atoms with Crippen LogP contribution in [-0.4, -0.2) is 40.9 Å². The van der Waals surface area contributed by atoms with E-state index in [0.717, 1.165) is 25.6 Å². The topological polar surface area (TPSA) is 56.8 Å². The quantitative estimate of drug-likeness (QED) is 0.597. The summed E-state index contributed by atoms with van der Waals surface area (Å²) in [7, 11) is 0. The van der Waals surface area contributed by atoms with E-state index in [1.165, 1.54) is 0 Å². The van der Waals surface area contributed by atoms with Gasteiger partial charge in [0.2, 0.25) is 5.95 Å². The average Bonchev–Trinajstić information content (AvgIpc) is 2.56. The molecule has 1 saturated heterocycles. The Morgan fingerprint density at radius 1 is 1.67 bits per heavy atom. The molecule has 1 aromatic heterocycles. The zero-order valence-electron chi connectivity index (χ0n) is 7.12. The predicted octanol–water partition coefficient (Wildman–Crippen LogP) is -0.397. The zero-order valence-corrected chi connectivity index (χ0v) is 7.12. The molecule has 2 N–H and O–H groups in total. The minimum Gasteiger partial charge on any atom is -0.338 e. The number of hydrogen-bond acceptors (Lipinski definition) is 4. The summed E-state index contributed by atoms with van der Waals surface area (Å²) in [6.45, 7) is 5.18. The average molecular weight is 167 g/mol. The van der Waals surface area contributed by atoms with Crippen molar-refractivity contribution in [3.63, 3.8) is 0 Å². The number of piperazine rings is 1. The molecule has 0 spiro atoms. The van der Waals surface area contributed by atoms with Crippen molar-refractivity contribution in [3.8, 4) is 0 Å². The summed E-state index contributed by atoms with van der Waals surface area (Å²) in [6.07, 6.45) is 1.54. The van der Waals surface area contributed by atoms with Gasteiger partial charge in [0.1, 0.15) is 6.33 Å². The van der Waals surface area contributed by atoms with Gasteiger partial charge in [0.05, 0.1) is 0 Å². The maximum atomic E-state index is 4.11. The normalized spacial score (nSPS) is 24.4. The summed E-state index contributed by atoms with van der Waals surface area (Å²) >= 11 is 0. The number of H-pyrrole nitrogens is 1. The fraction of sp³-hybridized carbons (Fsp3) is 0.714. The molecule has 5 nitrogen and oxygen atoms in total. The van der Waals surface area contributed by atoms with Gasteiger partial charge in [-0.2, -0.15) is 10.1 Å². The minimum absolute atomic E-state index is 0.531. The lowest BCUT2D eigenvalue weighted by molar-refractivity contribution is 0.480. The Hall–Kier alpha value is -1.10. The van der Waals surface area contributed by atoms with Crippen molar-refractivity contribution in [3.05, 3.63) is 6.33 Å². The minimum atomic E-state index is 0.531. The van der Waals surface area contributed by atoms with Crippen LogP contribution in [0.15, 0.2) is 6.33 Å². The summed E-state index contributed by atoms with van der Waals surface area (Å²) in [5, 5.41) is 10.1. The summed E-state index contributed by atoms with van der Waals surface area (Å²) in [6, 6.07) is 0.531. The first kappa shape index (κ1) is 7.54. The number of anilines is 1. The molecule has 0 aliphatic carbocycles. The van der Waals surface area contributed by atoms with E-state index in [0.29, 0.717) is 6.04 Å². The molecule has 12 heavy (non-hydrogen) atoms. The van der Waals surface area contributed by atoms with Crippen molar-refractivity contribution in [1.29, 1.82) is 0 Å². The lowest BCUT2D eigenvalue weighted by Gasteiger charge is -2.31. The van der Waals surface area contributed by atoms with Crippen LogP contribution in [0.2, 0.25) is 0 Å². The number of aromatic nitrogens is 3. The van der Waals surface area contributed by atoms with Crippen molar-refractivity contribution in [2.45, 2.75) is 13.0 Å². The van der Waals surface area contributed by atoms with Gasteiger partial charge in [0.25, 0.3) is 0 Å². The third-order valence-electron chi connectivity index (χ3n) is 2.07. The molecule has 5 heteroatoms. The van der Waals surface area contributed by atoms with Crippen molar-refractivity contribution >= 4 is 5.95 Å². The van der Waals surface area contributed by atoms with E-state index in [-0.39, 0.29) is 0 Å². The van der Waals surface area contributed by atoms with Crippen molar-refractivity contribution in [1.82, 2.24) is 20.5 Å². The maximum Gasteiger partial charge on any atom is 0.221 e. The van der Waals surface area contributed by atoms with Crippen molar-refractivity contribution in [2.75, 3.05) is 24.5 Å². The van der Waals surface area contributed by atoms with Crippen LogP contribution >= 0.6 is 0 Å². The molecule has 1 fully saturated rings. The van der Waals surface area contributed by atoms with Gasteiger partial charge in [-0.1, -0.05) is 0 Å². The van der Waals surface area contributed by atoms with Crippen LogP contribution in [0, 0.1) is 0 Å². The van der Waals surface area contributed by atoms with Crippen LogP contribution in [0.1, 0.15) is 6.92 Å². The predicted molar refractivity (Wildman–Crippen MR) is 46.1 cm³/mol. The molecule has 0 aromatic carbocycles. The largest absolute Gasteiger partial charge is 0.338 e. The van der Waals surface area contributed by atoms with Crippen LogP contribution in [0.25, 0.3) is 0 Å². The molecule has 66 valence electrons. The smallest absolute Gasteiger partial charge is 0.221 e. The summed E-state index contributed by atoms with van der Waals surface area (Å²) < 4.78 is 0. The Labute approximate surface area is 71.2 Å². The van der Waals surface area contributed by atoms with Gasteiger partial charge in [-0.05, 0) is 6.92 Å². The van der Waals surface area contributed by atoms with Crippen molar-refractivity contribution in [2.24, 2.45) is 0 Å². The molecule has 0 amide bonds. The second kappa shape index (κ2) is 3.10. The SMILES string of the molecule is C[C@H]1CN(c2ncn[nH]2)CCN1. The molecule has 2 rings (SSSR count). The van der Waals surface area contributed by atoms with Gasteiger partial charge < -0.3 is 10.2 Å². The fourth-order valence-electron chi connectivity index (χ4n) is 1.48. The van der Waals surface area contributed by atoms with E-state index in [9.17, 15) is 0 Å². The molecule has 0 radical (unpaired) electrons. The van der Waals surface area contributed by atoms with E-state index in [1.807, 2.05) is 0 Å². The van der Waals surface area contributed by atoms with E-state index in [1.54, 1.807) is 6.33 Å². The summed E-state index contributed by atoms with van der Waals surface area (Å²) in [4.78, 5) is 6.31. The highest BCUT2D eigenvalue weighted by Gasteiger charge is 2.17. The summed E-state index contributed by atoms with van der Waals surface area (Å²) in [5.74, 6) is 0.878. The Morgan fingerprint density at radius 3 is 3.25 bits per heavy atom. The number of rotatable bonds is 1. The van der Waals surface area contributed by atoms with Gasteiger partial charge in [-0.3, -0.25) is 0 Å². The second-order valence-electron chi connectivity index (χ2n) is 3.11. The van der Waals surface area contributed by atoms with Crippen LogP contribution in [0.5, 0.6) is 0 Å². The Bertz CT molecular complexity index is 232. The van der Waals surface area contributed by atoms with Crippen molar-refractivity contribution < 1.29 is 0 Å². The third kappa shape index (κ3) is 1.40. The highest BCUT2D eigenvalue weighted by molar-refractivity contribution is 5.28. The first-order valence-corrected chi connectivity index (χ1v) is 4.20. The molecule has 0 unspecified atom stereocenters. The molecule has 2 heterocycles. The number of aromatic amines is 1. The first-order chi connectivity index (χ1) is 5.86. The maximum absolute atomic E-state index is 4.11. The number of nitrogens with one attached hydrogen (secondary N) is 2. The van der Waals surface area contributed by atoms with E-state index in [4.69, 9.17) is 0 Å². The van der Waals surface area contributed by atoms with E-state index >= 15 is 0 Å². The van der Waals surface area contributed by atoms with Gasteiger partial charge in [0, 0.05) is 25.7 Å². The Morgan fingerprint density at radius 2 is 2.58 bits per heavy atom. The molecular weight excluding hydrogens is 154 g/mol. The number of hydrogen-bond donors (Lipinski definition) is 2. The third-order valence-corrected chi connectivity index (χ3v) is 2.07. The second-order valence-corrected chi connectivity index (χ2v) is 3.11. The molecule has 1 aliphatic heterocycles. The lowest BCUT2D eigenvalue weighted by Crippen LogP contribution is -2.49. The molecule has 0 bridgehead atoms. The van der Waals surface area contributed by atoms with Gasteiger partial charge in [-0.15, -0.1) is 0 Å². The highest BCUT2D eigenvalue weighted by Crippen LogP contribution is 2.07. The Kier molecular flexibility index (Phi) is 1.95. The van der Waals surface area contributed by atoms with E-state index in [2.05, 4.69) is 32.3 Å². The van der Waals surface area contributed by atoms with E-state index < -0.39 is 0 Å². The molecule has 1 aliphatic rings. The van der Waals surface area contributed by atoms with Crippen LogP contribution < -0.4 is 10.2 Å². The molecule has 1 atom stereocenters. The zero-order chi connectivity index (χ0) is 8.39. The molecule has 1 aromatic rings. The molecule has 0 saturated carbocycles. The van der Waals surface area contributed by atoms with Crippen LogP contribution in [0.3, 0.4) is 0 Å². The first-order valence-electron chi connectivity index (χ1n) is 4.20. The fourth-order valence-corrected chi connectivity index (χ4v) is 1.48. The van der Waals surface area contributed by atoms with Gasteiger partial charge in [0.15, 0.2) is 0 Å². The lowest BCUT2D eigenvalue weighted by atomic mass is 10.2. The Balaban J connectivity index is 2.04. The monoisotopic (exact) mass is 167 g/mol. The number of nitrogens with zero attached hydrogens (tertiary/aromatic N) is 3. The summed E-state index contributed by atoms with van der Waals surface area (Å²) in [5.41, 5.74) is 0.